The SMILES string of the molecule is CS[c-]1cccc1.CS[c-]1cccc1.[Fe].[Fe].c1cc[c-](SS[c-]2[cH-][cH-][cH-][cH-]2)c1. The predicted octanol–water partition coefficient (Wildman–Crippen LogP) is 8.17. The van der Waals surface area contributed by atoms with E-state index in [0.717, 1.165) is 0 Å². The van der Waals surface area contributed by atoms with Gasteiger partial charge in [-0.2, -0.15) is 70.7 Å². The Hall–Kier alpha value is -0.161. The maximum atomic E-state index is 2.13. The summed E-state index contributed by atoms with van der Waals surface area (Å²) in [6.45, 7) is 0. The zero-order chi connectivity index (χ0) is 18.5. The Kier molecular flexibility index (Phi) is 17.6. The first-order valence-electron chi connectivity index (χ1n) is 8.11. The summed E-state index contributed by atoms with van der Waals surface area (Å²) in [7, 11) is 3.60. The van der Waals surface area contributed by atoms with Gasteiger partial charge in [0.15, 0.2) is 0 Å². The van der Waals surface area contributed by atoms with Crippen LogP contribution in [0.1, 0.15) is 0 Å². The van der Waals surface area contributed by atoms with Crippen molar-refractivity contribution in [1.29, 1.82) is 0 Å². The molecule has 28 heavy (non-hydrogen) atoms. The fourth-order valence-corrected chi connectivity index (χ4v) is 4.74. The third-order valence-electron chi connectivity index (χ3n) is 3.23. The van der Waals surface area contributed by atoms with Crippen molar-refractivity contribution < 1.29 is 34.1 Å². The minimum atomic E-state index is 0. The van der Waals surface area contributed by atoms with Gasteiger partial charge in [0, 0.05) is 34.1 Å². The first-order chi connectivity index (χ1) is 12.8. The molecule has 0 aliphatic carbocycles. The number of thioether (sulfide) groups is 2. The first-order valence-corrected chi connectivity index (χ1v) is 12.7. The van der Waals surface area contributed by atoms with Crippen LogP contribution in [0.5, 0.6) is 0 Å². The Morgan fingerprint density at radius 1 is 0.536 bits per heavy atom. The van der Waals surface area contributed by atoms with Gasteiger partial charge in [0.1, 0.15) is 0 Å². The van der Waals surface area contributed by atoms with Gasteiger partial charge < -0.3 is 40.0 Å². The molecule has 4 aromatic rings. The molecule has 0 radical (unpaired) electrons. The van der Waals surface area contributed by atoms with Crippen molar-refractivity contribution in [2.24, 2.45) is 0 Å². The zero-order valence-electron chi connectivity index (χ0n) is 15.6. The summed E-state index contributed by atoms with van der Waals surface area (Å²) < 4.78 is 0. The monoisotopic (exact) mass is 526 g/mol. The molecule has 0 atom stereocenters. The van der Waals surface area contributed by atoms with Crippen LogP contribution in [0.3, 0.4) is 0 Å². The van der Waals surface area contributed by atoms with Gasteiger partial charge in [0.25, 0.3) is 0 Å². The molecule has 0 unspecified atom stereocenters. The van der Waals surface area contributed by atoms with Crippen LogP contribution in [0, 0.1) is 0 Å². The number of hydrogen-bond donors (Lipinski definition) is 0. The van der Waals surface area contributed by atoms with Crippen molar-refractivity contribution in [3.8, 4) is 0 Å². The Labute approximate surface area is 206 Å². The van der Waals surface area contributed by atoms with E-state index in [0.29, 0.717) is 0 Å². The van der Waals surface area contributed by atoms with Crippen LogP contribution >= 0.6 is 45.1 Å². The maximum Gasteiger partial charge on any atom is 0 e. The fraction of sp³-hybridized carbons (Fsp3) is 0.0909. The molecule has 0 N–H and O–H groups in total. The van der Waals surface area contributed by atoms with Gasteiger partial charge in [-0.25, -0.2) is 36.4 Å². The first kappa shape index (κ1) is 27.8. The minimum Gasteiger partial charge on any atom is -0.747 e. The second kappa shape index (κ2) is 17.7. The van der Waals surface area contributed by atoms with Crippen LogP contribution in [-0.2, 0) is 34.1 Å². The van der Waals surface area contributed by atoms with E-state index in [-0.39, 0.29) is 34.1 Å². The second-order valence-corrected chi connectivity index (χ2v) is 9.09. The normalized spacial score (nSPS) is 9.07. The van der Waals surface area contributed by atoms with Gasteiger partial charge in [0.2, 0.25) is 0 Å². The molecule has 0 nitrogen and oxygen atoms in total. The second-order valence-electron chi connectivity index (χ2n) is 5.06. The van der Waals surface area contributed by atoms with Gasteiger partial charge in [-0.1, -0.05) is 4.90 Å². The number of rotatable bonds is 5. The van der Waals surface area contributed by atoms with E-state index >= 15 is 0 Å². The smallest absolute Gasteiger partial charge is 0 e. The predicted molar refractivity (Wildman–Crippen MR) is 123 cm³/mol. The maximum absolute atomic E-state index is 2.13. The van der Waals surface area contributed by atoms with Crippen LogP contribution in [0.2, 0.25) is 0 Å². The molecule has 0 spiro atoms. The Bertz CT molecular complexity index is 690. The molecule has 0 amide bonds. The van der Waals surface area contributed by atoms with Crippen LogP contribution in [0.4, 0.5) is 0 Å². The molecule has 0 aliphatic rings. The molecule has 4 rings (SSSR count). The molecule has 158 valence electrons. The van der Waals surface area contributed by atoms with Crippen LogP contribution < -0.4 is 0 Å². The largest absolute Gasteiger partial charge is 0.747 e. The van der Waals surface area contributed by atoms with Crippen molar-refractivity contribution in [1.82, 2.24) is 0 Å². The van der Waals surface area contributed by atoms with Crippen molar-refractivity contribution in [2.45, 2.75) is 19.6 Å². The van der Waals surface area contributed by atoms with Gasteiger partial charge in [-0.15, -0.1) is 9.79 Å². The quantitative estimate of drug-likeness (QED) is 0.111. The zero-order valence-corrected chi connectivity index (χ0v) is 21.1. The molecule has 0 aliphatic heterocycles. The molecule has 0 aromatic heterocycles. The van der Waals surface area contributed by atoms with Crippen molar-refractivity contribution in [3.63, 3.8) is 0 Å². The van der Waals surface area contributed by atoms with E-state index < -0.39 is 0 Å². The average molecular weight is 526 g/mol. The van der Waals surface area contributed by atoms with Crippen molar-refractivity contribution in [2.75, 3.05) is 12.5 Å². The van der Waals surface area contributed by atoms with E-state index in [2.05, 4.69) is 85.3 Å². The topological polar surface area (TPSA) is 0 Å². The summed E-state index contributed by atoms with van der Waals surface area (Å²) in [5.74, 6) is 0. The average Bonchev–Trinajstić information content (AvgIpc) is 3.49. The molecule has 0 saturated heterocycles. The van der Waals surface area contributed by atoms with Crippen LogP contribution in [0.15, 0.2) is 117 Å². The Balaban J connectivity index is 0.000000399. The Morgan fingerprint density at radius 2 is 0.893 bits per heavy atom. The fourth-order valence-electron chi connectivity index (χ4n) is 1.90. The molecule has 0 bridgehead atoms. The molecule has 6 heteroatoms. The van der Waals surface area contributed by atoms with E-state index in [1.807, 2.05) is 24.3 Å². The third kappa shape index (κ3) is 11.7. The molecule has 0 saturated carbocycles. The minimum absolute atomic E-state index is 0. The van der Waals surface area contributed by atoms with E-state index in [9.17, 15) is 0 Å². The van der Waals surface area contributed by atoms with E-state index in [4.69, 9.17) is 0 Å². The standard InChI is InChI=1S/C10H8S2.2C6H7S.2Fe/c1-2-6-9(5-1)11-12-10-7-3-4-8-10;2*1-7-6-4-2-3-5-6;;/h1-8H;2*2-5H,1H3;;/q-6;2*-1;;. The Morgan fingerprint density at radius 3 is 1.21 bits per heavy atom. The van der Waals surface area contributed by atoms with Crippen molar-refractivity contribution >= 4 is 45.1 Å². The summed E-state index contributed by atoms with van der Waals surface area (Å²) in [5, 5.41) is 0. The molecular formula is C22H22Fe2S4-8. The molecule has 0 fully saturated rings. The summed E-state index contributed by atoms with van der Waals surface area (Å²) in [6.07, 6.45) is 4.16. The van der Waals surface area contributed by atoms with Crippen LogP contribution in [0.25, 0.3) is 0 Å². The summed E-state index contributed by atoms with van der Waals surface area (Å²) in [4.78, 5) is 5.34. The van der Waals surface area contributed by atoms with Gasteiger partial charge in [0.05, 0.1) is 0 Å². The summed E-state index contributed by atoms with van der Waals surface area (Å²) >= 11 is 3.55. The molecule has 0 heterocycles. The van der Waals surface area contributed by atoms with Gasteiger partial charge in [-0.05, 0) is 12.5 Å². The third-order valence-corrected chi connectivity index (χ3v) is 7.14. The van der Waals surface area contributed by atoms with Gasteiger partial charge in [-0.3, -0.25) is 0 Å². The summed E-state index contributed by atoms with van der Waals surface area (Å²) in [5.41, 5.74) is 0. The van der Waals surface area contributed by atoms with Gasteiger partial charge >= 0.3 is 0 Å². The molecular weight excluding hydrogens is 504 g/mol. The van der Waals surface area contributed by atoms with E-state index in [1.165, 1.54) is 19.6 Å². The van der Waals surface area contributed by atoms with Crippen LogP contribution in [-0.4, -0.2) is 12.5 Å². The van der Waals surface area contributed by atoms with E-state index in [1.54, 1.807) is 45.1 Å². The number of hydrogen-bond acceptors (Lipinski definition) is 4. The molecule has 4 aromatic carbocycles. The van der Waals surface area contributed by atoms with Crippen molar-refractivity contribution in [3.05, 3.63) is 97.1 Å². The summed E-state index contributed by atoms with van der Waals surface area (Å²) in [6, 6.07) is 33.4.